The van der Waals surface area contributed by atoms with Gasteiger partial charge in [-0.05, 0) is 30.5 Å². The molecule has 2 heterocycles. The Bertz CT molecular complexity index is 595. The first-order chi connectivity index (χ1) is 9.79. The highest BCUT2D eigenvalue weighted by Crippen LogP contribution is 2.34. The van der Waals surface area contributed by atoms with Gasteiger partial charge in [-0.2, -0.15) is 0 Å². The Kier molecular flexibility index (Phi) is 3.41. The number of aromatic amines is 1. The molecule has 3 rings (SSSR count). The number of methoxy groups -OCH3 is 1. The molecular weight excluding hydrogens is 254 g/mol. The maximum absolute atomic E-state index is 12.5. The van der Waals surface area contributed by atoms with Crippen molar-refractivity contribution in [2.75, 3.05) is 13.7 Å². The van der Waals surface area contributed by atoms with Crippen molar-refractivity contribution in [3.05, 3.63) is 48.0 Å². The van der Waals surface area contributed by atoms with Gasteiger partial charge in [0.15, 0.2) is 0 Å². The van der Waals surface area contributed by atoms with Crippen LogP contribution >= 0.6 is 0 Å². The largest absolute Gasteiger partial charge is 0.497 e. The van der Waals surface area contributed by atoms with E-state index in [-0.39, 0.29) is 11.9 Å². The zero-order valence-electron chi connectivity index (χ0n) is 11.4. The number of hydrogen-bond donors (Lipinski definition) is 1. The highest BCUT2D eigenvalue weighted by Gasteiger charge is 2.31. The number of carbonyl (C=O) groups is 1. The van der Waals surface area contributed by atoms with Gasteiger partial charge in [0.05, 0.1) is 25.7 Å². The molecule has 104 valence electrons. The minimum atomic E-state index is 0.00724. The number of nitrogens with one attached hydrogen (secondary N) is 1. The van der Waals surface area contributed by atoms with Gasteiger partial charge in [-0.15, -0.1) is 0 Å². The van der Waals surface area contributed by atoms with Crippen molar-refractivity contribution >= 4 is 5.91 Å². The van der Waals surface area contributed by atoms with Crippen LogP contribution in [0, 0.1) is 0 Å². The summed E-state index contributed by atoms with van der Waals surface area (Å²) in [6.45, 7) is 0.778. The molecule has 1 amide bonds. The van der Waals surface area contributed by atoms with Gasteiger partial charge < -0.3 is 14.6 Å². The molecule has 5 heteroatoms. The minimum Gasteiger partial charge on any atom is -0.497 e. The van der Waals surface area contributed by atoms with Crippen LogP contribution in [-0.2, 0) is 0 Å². The molecule has 1 aromatic heterocycles. The molecule has 0 aliphatic carbocycles. The number of imidazole rings is 1. The normalized spacial score (nSPS) is 18.2. The van der Waals surface area contributed by atoms with Crippen molar-refractivity contribution in [2.24, 2.45) is 0 Å². The summed E-state index contributed by atoms with van der Waals surface area (Å²) in [5, 5.41) is 0. The molecule has 0 bridgehead atoms. The van der Waals surface area contributed by atoms with Crippen molar-refractivity contribution in [2.45, 2.75) is 18.9 Å². The minimum absolute atomic E-state index is 0.00724. The average Bonchev–Trinajstić information content (AvgIpc) is 3.17. The lowest BCUT2D eigenvalue weighted by atomic mass is 10.0. The third-order valence-electron chi connectivity index (χ3n) is 3.72. The molecule has 1 aliphatic rings. The monoisotopic (exact) mass is 271 g/mol. The van der Waals surface area contributed by atoms with E-state index in [4.69, 9.17) is 4.74 Å². The van der Waals surface area contributed by atoms with E-state index < -0.39 is 0 Å². The summed E-state index contributed by atoms with van der Waals surface area (Å²) in [5.74, 6) is 0.830. The van der Waals surface area contributed by atoms with Crippen LogP contribution < -0.4 is 4.74 Å². The number of amides is 1. The molecule has 0 saturated carbocycles. The summed E-state index contributed by atoms with van der Waals surface area (Å²) < 4.78 is 5.26. The Morgan fingerprint density at radius 2 is 2.40 bits per heavy atom. The van der Waals surface area contributed by atoms with Gasteiger partial charge in [0, 0.05) is 6.54 Å². The molecule has 20 heavy (non-hydrogen) atoms. The molecule has 1 atom stereocenters. The van der Waals surface area contributed by atoms with Crippen LogP contribution in [0.5, 0.6) is 5.75 Å². The summed E-state index contributed by atoms with van der Waals surface area (Å²) in [6.07, 6.45) is 5.10. The van der Waals surface area contributed by atoms with Crippen LogP contribution in [-0.4, -0.2) is 34.4 Å². The van der Waals surface area contributed by atoms with E-state index in [1.807, 2.05) is 29.2 Å². The molecular formula is C15H17N3O2. The van der Waals surface area contributed by atoms with Gasteiger partial charge in [-0.25, -0.2) is 4.98 Å². The van der Waals surface area contributed by atoms with E-state index in [1.54, 1.807) is 13.3 Å². The van der Waals surface area contributed by atoms with E-state index in [0.717, 1.165) is 30.7 Å². The zero-order valence-corrected chi connectivity index (χ0v) is 11.4. The van der Waals surface area contributed by atoms with Gasteiger partial charge in [0.25, 0.3) is 5.91 Å². The molecule has 1 N–H and O–H groups in total. The Hall–Kier alpha value is -2.30. The SMILES string of the molecule is COc1cccc([C@H]2CCCN2C(=O)c2cnc[nH]2)c1. The lowest BCUT2D eigenvalue weighted by Gasteiger charge is -2.24. The van der Waals surface area contributed by atoms with E-state index >= 15 is 0 Å². The van der Waals surface area contributed by atoms with Crippen molar-refractivity contribution in [1.82, 2.24) is 14.9 Å². The van der Waals surface area contributed by atoms with Crippen LogP contribution in [0.25, 0.3) is 0 Å². The standard InChI is InChI=1S/C15H17N3O2/c1-20-12-5-2-4-11(8-12)14-6-3-7-18(14)15(19)13-9-16-10-17-13/h2,4-5,8-10,14H,3,6-7H2,1H3,(H,16,17)/t14-/m1/s1. The molecule has 0 radical (unpaired) electrons. The summed E-state index contributed by atoms with van der Waals surface area (Å²) >= 11 is 0. The highest BCUT2D eigenvalue weighted by atomic mass is 16.5. The van der Waals surface area contributed by atoms with E-state index in [2.05, 4.69) is 9.97 Å². The molecule has 0 spiro atoms. The third-order valence-corrected chi connectivity index (χ3v) is 3.72. The number of carbonyl (C=O) groups excluding carboxylic acids is 1. The van der Waals surface area contributed by atoms with Gasteiger partial charge in [-0.3, -0.25) is 4.79 Å². The molecule has 1 aliphatic heterocycles. The number of likely N-dealkylation sites (tertiary alicyclic amines) is 1. The second-order valence-electron chi connectivity index (χ2n) is 4.90. The van der Waals surface area contributed by atoms with Crippen LogP contribution in [0.2, 0.25) is 0 Å². The number of ether oxygens (including phenoxy) is 1. The maximum atomic E-state index is 12.5. The molecule has 5 nitrogen and oxygen atoms in total. The van der Waals surface area contributed by atoms with Gasteiger partial charge >= 0.3 is 0 Å². The fourth-order valence-corrected chi connectivity index (χ4v) is 2.73. The zero-order chi connectivity index (χ0) is 13.9. The molecule has 1 saturated heterocycles. The summed E-state index contributed by atoms with van der Waals surface area (Å²) in [5.41, 5.74) is 1.66. The summed E-state index contributed by atoms with van der Waals surface area (Å²) in [4.78, 5) is 21.2. The van der Waals surface area contributed by atoms with Crippen LogP contribution in [0.15, 0.2) is 36.8 Å². The predicted octanol–water partition coefficient (Wildman–Crippen LogP) is 2.40. The molecule has 1 fully saturated rings. The van der Waals surface area contributed by atoms with E-state index in [1.165, 1.54) is 6.33 Å². The first kappa shape index (κ1) is 12.7. The van der Waals surface area contributed by atoms with Crippen molar-refractivity contribution in [1.29, 1.82) is 0 Å². The van der Waals surface area contributed by atoms with Gasteiger partial charge in [0.2, 0.25) is 0 Å². The van der Waals surface area contributed by atoms with E-state index in [9.17, 15) is 4.79 Å². The second-order valence-corrected chi connectivity index (χ2v) is 4.90. The Balaban J connectivity index is 1.86. The average molecular weight is 271 g/mol. The number of rotatable bonds is 3. The predicted molar refractivity (Wildman–Crippen MR) is 74.6 cm³/mol. The van der Waals surface area contributed by atoms with Gasteiger partial charge in [-0.1, -0.05) is 12.1 Å². The first-order valence-electron chi connectivity index (χ1n) is 6.73. The topological polar surface area (TPSA) is 58.2 Å². The number of hydrogen-bond acceptors (Lipinski definition) is 3. The third kappa shape index (κ3) is 2.27. The molecule has 1 aromatic carbocycles. The van der Waals surface area contributed by atoms with E-state index in [0.29, 0.717) is 5.69 Å². The smallest absolute Gasteiger partial charge is 0.272 e. The van der Waals surface area contributed by atoms with Crippen LogP contribution in [0.4, 0.5) is 0 Å². The summed E-state index contributed by atoms with van der Waals surface area (Å²) in [7, 11) is 1.65. The van der Waals surface area contributed by atoms with Crippen LogP contribution in [0.1, 0.15) is 34.9 Å². The first-order valence-corrected chi connectivity index (χ1v) is 6.73. The Labute approximate surface area is 117 Å². The molecule has 0 unspecified atom stereocenters. The van der Waals surface area contributed by atoms with Crippen molar-refractivity contribution in [3.8, 4) is 5.75 Å². The molecule has 2 aromatic rings. The van der Waals surface area contributed by atoms with Crippen molar-refractivity contribution in [3.63, 3.8) is 0 Å². The number of aromatic nitrogens is 2. The van der Waals surface area contributed by atoms with Crippen molar-refractivity contribution < 1.29 is 9.53 Å². The fraction of sp³-hybridized carbons (Fsp3) is 0.333. The second kappa shape index (κ2) is 5.36. The lowest BCUT2D eigenvalue weighted by molar-refractivity contribution is 0.0730. The quantitative estimate of drug-likeness (QED) is 0.932. The lowest BCUT2D eigenvalue weighted by Crippen LogP contribution is -2.30. The van der Waals surface area contributed by atoms with Crippen LogP contribution in [0.3, 0.4) is 0 Å². The Morgan fingerprint density at radius 3 is 3.15 bits per heavy atom. The summed E-state index contributed by atoms with van der Waals surface area (Å²) in [6, 6.07) is 8.04. The Morgan fingerprint density at radius 1 is 1.50 bits per heavy atom. The maximum Gasteiger partial charge on any atom is 0.272 e. The number of H-pyrrole nitrogens is 1. The number of nitrogens with zero attached hydrogens (tertiary/aromatic N) is 2. The highest BCUT2D eigenvalue weighted by molar-refractivity contribution is 5.92. The van der Waals surface area contributed by atoms with Gasteiger partial charge in [0.1, 0.15) is 11.4 Å². The fourth-order valence-electron chi connectivity index (χ4n) is 2.73. The number of benzene rings is 1.